The Hall–Kier alpha value is -3.16. The Kier molecular flexibility index (Phi) is 8.05. The zero-order chi connectivity index (χ0) is 26.7. The van der Waals surface area contributed by atoms with Crippen molar-refractivity contribution in [1.29, 1.82) is 0 Å². The summed E-state index contributed by atoms with van der Waals surface area (Å²) in [6.45, 7) is 13.3. The van der Waals surface area contributed by atoms with Crippen LogP contribution in [0, 0.1) is 13.8 Å². The normalized spacial score (nSPS) is 12.6. The molecule has 0 aliphatic carbocycles. The maximum atomic E-state index is 13.3. The van der Waals surface area contributed by atoms with Gasteiger partial charge in [0.05, 0.1) is 18.4 Å². The molecule has 0 saturated heterocycles. The first kappa shape index (κ1) is 26.9. The fraction of sp³-hybridized carbons (Fsp3) is 0.367. The number of nitrogens with zero attached hydrogens (tertiary/aromatic N) is 4. The van der Waals surface area contributed by atoms with Gasteiger partial charge in [-0.2, -0.15) is 0 Å². The van der Waals surface area contributed by atoms with Crippen LogP contribution in [0.15, 0.2) is 65.8 Å². The number of aryl methyl sites for hydroxylation is 1. The molecule has 0 spiro atoms. The third kappa shape index (κ3) is 5.73. The summed E-state index contributed by atoms with van der Waals surface area (Å²) in [5.41, 5.74) is 6.06. The number of ether oxygens (including phenoxy) is 1. The fourth-order valence-electron chi connectivity index (χ4n) is 4.74. The highest BCUT2D eigenvalue weighted by Gasteiger charge is 2.22. The minimum absolute atomic E-state index is 0.0732. The van der Waals surface area contributed by atoms with E-state index in [1.807, 2.05) is 54.8 Å². The number of carbonyl (C=O) groups is 1. The Bertz CT molecular complexity index is 1370. The van der Waals surface area contributed by atoms with Crippen LogP contribution in [0.2, 0.25) is 0 Å². The second-order valence-corrected chi connectivity index (χ2v) is 11.4. The van der Waals surface area contributed by atoms with Gasteiger partial charge < -0.3 is 9.30 Å². The molecule has 0 bridgehead atoms. The molecule has 4 aromatic rings. The monoisotopic (exact) mass is 516 g/mol. The lowest BCUT2D eigenvalue weighted by molar-refractivity contribution is 0.102. The molecule has 4 rings (SSSR count). The Morgan fingerprint density at radius 1 is 1.03 bits per heavy atom. The highest BCUT2D eigenvalue weighted by Crippen LogP contribution is 2.31. The molecule has 6 nitrogen and oxygen atoms in total. The van der Waals surface area contributed by atoms with Crippen molar-refractivity contribution in [2.45, 2.75) is 58.2 Å². The quantitative estimate of drug-likeness (QED) is 0.180. The van der Waals surface area contributed by atoms with E-state index >= 15 is 0 Å². The largest absolute Gasteiger partial charge is 0.383 e. The molecular weight excluding hydrogens is 480 g/mol. The van der Waals surface area contributed by atoms with Gasteiger partial charge in [-0.25, -0.2) is 0 Å². The van der Waals surface area contributed by atoms with Crippen LogP contribution in [0.3, 0.4) is 0 Å². The highest BCUT2D eigenvalue weighted by atomic mass is 32.2. The molecule has 37 heavy (non-hydrogen) atoms. The van der Waals surface area contributed by atoms with Crippen LogP contribution in [0.1, 0.15) is 61.0 Å². The first-order valence-electron chi connectivity index (χ1n) is 12.6. The van der Waals surface area contributed by atoms with Gasteiger partial charge in [-0.05, 0) is 49.9 Å². The van der Waals surface area contributed by atoms with E-state index in [0.29, 0.717) is 11.8 Å². The van der Waals surface area contributed by atoms with Gasteiger partial charge in [-0.3, -0.25) is 9.36 Å². The molecular formula is C30H36N4O2S. The average Bonchev–Trinajstić information content (AvgIpc) is 3.43. The molecule has 0 aliphatic heterocycles. The number of methoxy groups -OCH3 is 1. The molecule has 1 atom stereocenters. The molecule has 0 radical (unpaired) electrons. The van der Waals surface area contributed by atoms with Gasteiger partial charge in [0.2, 0.25) is 0 Å². The van der Waals surface area contributed by atoms with E-state index in [4.69, 9.17) is 4.74 Å². The van der Waals surface area contributed by atoms with Crippen molar-refractivity contribution in [1.82, 2.24) is 19.3 Å². The van der Waals surface area contributed by atoms with Crippen molar-refractivity contribution >= 4 is 17.5 Å². The maximum Gasteiger partial charge on any atom is 0.196 e. The first-order chi connectivity index (χ1) is 17.6. The summed E-state index contributed by atoms with van der Waals surface area (Å²) in [7, 11) is 1.70. The van der Waals surface area contributed by atoms with Crippen molar-refractivity contribution in [3.63, 3.8) is 0 Å². The van der Waals surface area contributed by atoms with Crippen LogP contribution < -0.4 is 0 Å². The van der Waals surface area contributed by atoms with E-state index in [1.165, 1.54) is 17.3 Å². The summed E-state index contributed by atoms with van der Waals surface area (Å²) < 4.78 is 9.54. The molecule has 2 heterocycles. The number of para-hydroxylation sites is 1. The van der Waals surface area contributed by atoms with Crippen LogP contribution in [-0.2, 0) is 10.2 Å². The molecule has 194 valence electrons. The van der Waals surface area contributed by atoms with Crippen LogP contribution in [0.5, 0.6) is 0 Å². The molecule has 2 aromatic carbocycles. The SMILES string of the molecule is COCC(C)n1c(C)cc(C(=O)CSc2nnc(-c3ccc(C(C)(C)C)cc3)n2-c2ccccc2)c1C. The lowest BCUT2D eigenvalue weighted by Crippen LogP contribution is -2.14. The minimum Gasteiger partial charge on any atom is -0.383 e. The maximum absolute atomic E-state index is 13.3. The third-order valence-electron chi connectivity index (χ3n) is 6.62. The molecule has 7 heteroatoms. The zero-order valence-corrected chi connectivity index (χ0v) is 23.6. The number of rotatable bonds is 9. The smallest absolute Gasteiger partial charge is 0.196 e. The van der Waals surface area contributed by atoms with E-state index in [1.54, 1.807) is 7.11 Å². The van der Waals surface area contributed by atoms with Crippen molar-refractivity contribution < 1.29 is 9.53 Å². The minimum atomic E-state index is 0.0732. The standard InChI is InChI=1S/C30H36N4O2S/c1-20-17-26(22(3)33(20)21(2)18-36-7)27(35)19-37-29-32-31-28(34(29)25-11-9-8-10-12-25)23-13-15-24(16-14-23)30(4,5)6/h8-17,21H,18-19H2,1-7H3. The van der Waals surface area contributed by atoms with E-state index in [-0.39, 0.29) is 23.0 Å². The number of carbonyl (C=O) groups excluding carboxylic acids is 1. The van der Waals surface area contributed by atoms with Crippen molar-refractivity contribution in [3.05, 3.63) is 83.2 Å². The van der Waals surface area contributed by atoms with Gasteiger partial charge in [0, 0.05) is 35.3 Å². The van der Waals surface area contributed by atoms with Crippen LogP contribution in [0.25, 0.3) is 17.1 Å². The molecule has 0 aliphatic rings. The predicted octanol–water partition coefficient (Wildman–Crippen LogP) is 6.83. The number of thioether (sulfide) groups is 1. The van der Waals surface area contributed by atoms with Crippen LogP contribution >= 0.6 is 11.8 Å². The lowest BCUT2D eigenvalue weighted by Gasteiger charge is -2.19. The Balaban J connectivity index is 1.63. The van der Waals surface area contributed by atoms with E-state index < -0.39 is 0 Å². The number of hydrogen-bond donors (Lipinski definition) is 0. The molecule has 0 amide bonds. The number of Topliss-reactive ketones (excluding diaryl/α,β-unsaturated/α-hetero) is 1. The van der Waals surface area contributed by atoms with E-state index in [9.17, 15) is 4.79 Å². The molecule has 0 saturated carbocycles. The number of aromatic nitrogens is 4. The first-order valence-corrected chi connectivity index (χ1v) is 13.6. The summed E-state index contributed by atoms with van der Waals surface area (Å²) >= 11 is 1.42. The van der Waals surface area contributed by atoms with Gasteiger partial charge in [0.25, 0.3) is 0 Å². The second kappa shape index (κ2) is 11.1. The number of ketones is 1. The number of hydrogen-bond acceptors (Lipinski definition) is 5. The highest BCUT2D eigenvalue weighted by molar-refractivity contribution is 7.99. The summed E-state index contributed by atoms with van der Waals surface area (Å²) in [4.78, 5) is 13.3. The summed E-state index contributed by atoms with van der Waals surface area (Å²) in [5.74, 6) is 1.11. The van der Waals surface area contributed by atoms with Gasteiger partial charge in [-0.15, -0.1) is 10.2 Å². The lowest BCUT2D eigenvalue weighted by atomic mass is 9.87. The van der Waals surface area contributed by atoms with Gasteiger partial charge >= 0.3 is 0 Å². The Labute approximate surface area is 224 Å². The van der Waals surface area contributed by atoms with Gasteiger partial charge in [0.15, 0.2) is 16.8 Å². The number of benzene rings is 2. The van der Waals surface area contributed by atoms with Crippen molar-refractivity contribution in [2.24, 2.45) is 0 Å². The zero-order valence-electron chi connectivity index (χ0n) is 22.8. The van der Waals surface area contributed by atoms with Crippen LogP contribution in [0.4, 0.5) is 0 Å². The van der Waals surface area contributed by atoms with E-state index in [2.05, 4.69) is 66.7 Å². The van der Waals surface area contributed by atoms with Gasteiger partial charge in [0.1, 0.15) is 0 Å². The average molecular weight is 517 g/mol. The predicted molar refractivity (Wildman–Crippen MR) is 151 cm³/mol. The second-order valence-electron chi connectivity index (χ2n) is 10.5. The topological polar surface area (TPSA) is 61.9 Å². The Morgan fingerprint density at radius 3 is 2.32 bits per heavy atom. The summed E-state index contributed by atoms with van der Waals surface area (Å²) in [5, 5.41) is 9.74. The van der Waals surface area contributed by atoms with Crippen LogP contribution in [-0.4, -0.2) is 44.6 Å². The van der Waals surface area contributed by atoms with E-state index in [0.717, 1.165) is 34.0 Å². The molecule has 0 fully saturated rings. The van der Waals surface area contributed by atoms with Crippen molar-refractivity contribution in [2.75, 3.05) is 19.5 Å². The fourth-order valence-corrected chi connectivity index (χ4v) is 5.58. The molecule has 0 N–H and O–H groups in total. The summed E-state index contributed by atoms with van der Waals surface area (Å²) in [6, 6.07) is 20.7. The molecule has 2 aromatic heterocycles. The summed E-state index contributed by atoms with van der Waals surface area (Å²) in [6.07, 6.45) is 0. The van der Waals surface area contributed by atoms with Crippen molar-refractivity contribution in [3.8, 4) is 17.1 Å². The third-order valence-corrected chi connectivity index (χ3v) is 7.55. The molecule has 1 unspecified atom stereocenters. The Morgan fingerprint density at radius 2 is 1.70 bits per heavy atom. The van der Waals surface area contributed by atoms with Gasteiger partial charge in [-0.1, -0.05) is 75.0 Å².